The number of benzene rings is 2. The number of nitrogens with two attached hydrogens (primary N) is 1. The lowest BCUT2D eigenvalue weighted by Crippen LogP contribution is -2.15. The smallest absolute Gasteiger partial charge is 0.179 e. The largest absolute Gasteiger partial charge is 0.493 e. The van der Waals surface area contributed by atoms with E-state index in [1.165, 1.54) is 16.7 Å². The fourth-order valence-corrected chi connectivity index (χ4v) is 3.10. The van der Waals surface area contributed by atoms with Gasteiger partial charge in [-0.15, -0.1) is 0 Å². The number of rotatable bonds is 7. The normalized spacial score (nSPS) is 12.1. The van der Waals surface area contributed by atoms with Crippen molar-refractivity contribution in [2.45, 2.75) is 33.1 Å². The third kappa shape index (κ3) is 4.22. The van der Waals surface area contributed by atoms with E-state index >= 15 is 0 Å². The lowest BCUT2D eigenvalue weighted by atomic mass is 9.90. The van der Waals surface area contributed by atoms with Gasteiger partial charge in [0.1, 0.15) is 0 Å². The Balaban J connectivity index is 2.30. The molecule has 0 saturated carbocycles. The summed E-state index contributed by atoms with van der Waals surface area (Å²) in [7, 11) is 1.63. The monoisotopic (exact) mass is 347 g/mol. The number of hydrogen-bond acceptors (Lipinski definition) is 3. The average molecular weight is 348 g/mol. The zero-order valence-corrected chi connectivity index (χ0v) is 15.6. The van der Waals surface area contributed by atoms with Gasteiger partial charge in [0.25, 0.3) is 0 Å². The molecule has 1 atom stereocenters. The molecule has 2 aromatic rings. The van der Waals surface area contributed by atoms with Crippen molar-refractivity contribution in [1.82, 2.24) is 0 Å². The Morgan fingerprint density at radius 1 is 1.12 bits per heavy atom. The van der Waals surface area contributed by atoms with Gasteiger partial charge in [-0.25, -0.2) is 0 Å². The minimum atomic E-state index is 0.239. The number of methoxy groups -OCH3 is 1. The van der Waals surface area contributed by atoms with Crippen molar-refractivity contribution in [2.75, 3.05) is 20.3 Å². The van der Waals surface area contributed by atoms with E-state index in [9.17, 15) is 0 Å². The fourth-order valence-electron chi connectivity index (χ4n) is 2.82. The van der Waals surface area contributed by atoms with Gasteiger partial charge in [-0.2, -0.15) is 0 Å². The second-order valence-electron chi connectivity index (χ2n) is 6.02. The van der Waals surface area contributed by atoms with Gasteiger partial charge in [0.2, 0.25) is 0 Å². The summed E-state index contributed by atoms with van der Waals surface area (Å²) >= 11 is 6.37. The molecular weight excluding hydrogens is 322 g/mol. The molecular formula is C20H26ClNO2. The summed E-state index contributed by atoms with van der Waals surface area (Å²) in [6.07, 6.45) is 0.807. The lowest BCUT2D eigenvalue weighted by Gasteiger charge is -2.19. The zero-order chi connectivity index (χ0) is 17.7. The number of ether oxygens (including phenoxy) is 2. The summed E-state index contributed by atoms with van der Waals surface area (Å²) < 4.78 is 11.0. The van der Waals surface area contributed by atoms with Gasteiger partial charge in [0.05, 0.1) is 18.7 Å². The molecule has 130 valence electrons. The van der Waals surface area contributed by atoms with Crippen LogP contribution >= 0.6 is 11.6 Å². The molecule has 0 bridgehead atoms. The van der Waals surface area contributed by atoms with Crippen molar-refractivity contribution in [2.24, 2.45) is 5.73 Å². The van der Waals surface area contributed by atoms with Gasteiger partial charge in [0, 0.05) is 5.92 Å². The molecule has 1 unspecified atom stereocenters. The molecule has 0 aliphatic heterocycles. The molecule has 2 aromatic carbocycles. The fraction of sp³-hybridized carbons (Fsp3) is 0.400. The topological polar surface area (TPSA) is 44.5 Å². The molecule has 4 heteroatoms. The molecule has 0 amide bonds. The van der Waals surface area contributed by atoms with Gasteiger partial charge in [-0.05, 0) is 68.1 Å². The van der Waals surface area contributed by atoms with E-state index in [-0.39, 0.29) is 5.92 Å². The molecule has 2 rings (SSSR count). The van der Waals surface area contributed by atoms with E-state index in [0.717, 1.165) is 12.0 Å². The second kappa shape index (κ2) is 8.41. The Morgan fingerprint density at radius 2 is 1.88 bits per heavy atom. The van der Waals surface area contributed by atoms with Gasteiger partial charge < -0.3 is 15.2 Å². The molecule has 0 fully saturated rings. The zero-order valence-electron chi connectivity index (χ0n) is 14.9. The first kappa shape index (κ1) is 18.6. The minimum absolute atomic E-state index is 0.239. The van der Waals surface area contributed by atoms with Crippen LogP contribution in [-0.4, -0.2) is 20.3 Å². The molecule has 0 aliphatic rings. The minimum Gasteiger partial charge on any atom is -0.493 e. The molecule has 3 nitrogen and oxygen atoms in total. The van der Waals surface area contributed by atoms with Gasteiger partial charge in [0.15, 0.2) is 11.5 Å². The highest BCUT2D eigenvalue weighted by molar-refractivity contribution is 6.32. The van der Waals surface area contributed by atoms with Gasteiger partial charge in [-0.3, -0.25) is 0 Å². The molecule has 0 aliphatic carbocycles. The standard InChI is InChI=1S/C20H26ClNO2/c1-5-24-20-18(21)10-15(11-19(20)23-4)9-17(12-22)16-7-6-13(2)14(3)8-16/h6-8,10-11,17H,5,9,12,22H2,1-4H3. The second-order valence-corrected chi connectivity index (χ2v) is 6.43. The quantitative estimate of drug-likeness (QED) is 0.792. The Labute approximate surface area is 149 Å². The summed E-state index contributed by atoms with van der Waals surface area (Å²) in [5, 5.41) is 0.571. The number of hydrogen-bond donors (Lipinski definition) is 1. The van der Waals surface area contributed by atoms with E-state index in [1.54, 1.807) is 7.11 Å². The van der Waals surface area contributed by atoms with Crippen LogP contribution in [0.5, 0.6) is 11.5 Å². The molecule has 0 aromatic heterocycles. The van der Waals surface area contributed by atoms with Gasteiger partial charge in [-0.1, -0.05) is 29.8 Å². The Bertz CT molecular complexity index is 700. The summed E-state index contributed by atoms with van der Waals surface area (Å²) in [5.41, 5.74) is 11.0. The van der Waals surface area contributed by atoms with E-state index in [1.807, 2.05) is 19.1 Å². The number of halogens is 1. The Kier molecular flexibility index (Phi) is 6.52. The first-order valence-electron chi connectivity index (χ1n) is 8.26. The van der Waals surface area contributed by atoms with Crippen molar-refractivity contribution in [3.63, 3.8) is 0 Å². The third-order valence-corrected chi connectivity index (χ3v) is 4.63. The maximum absolute atomic E-state index is 6.37. The molecule has 0 spiro atoms. The van der Waals surface area contributed by atoms with Crippen LogP contribution in [0, 0.1) is 13.8 Å². The Morgan fingerprint density at radius 3 is 2.46 bits per heavy atom. The summed E-state index contributed by atoms with van der Waals surface area (Å²) in [6, 6.07) is 10.5. The highest BCUT2D eigenvalue weighted by atomic mass is 35.5. The first-order chi connectivity index (χ1) is 11.5. The van der Waals surface area contributed by atoms with Crippen LogP contribution < -0.4 is 15.2 Å². The van der Waals surface area contributed by atoms with Gasteiger partial charge >= 0.3 is 0 Å². The summed E-state index contributed by atoms with van der Waals surface area (Å²) in [5.74, 6) is 1.50. The maximum atomic E-state index is 6.37. The van der Waals surface area contributed by atoms with Crippen LogP contribution in [0.15, 0.2) is 30.3 Å². The van der Waals surface area contributed by atoms with Crippen LogP contribution in [0.2, 0.25) is 5.02 Å². The number of aryl methyl sites for hydroxylation is 2. The van der Waals surface area contributed by atoms with Crippen molar-refractivity contribution < 1.29 is 9.47 Å². The molecule has 0 saturated heterocycles. The van der Waals surface area contributed by atoms with Crippen LogP contribution in [0.4, 0.5) is 0 Å². The lowest BCUT2D eigenvalue weighted by molar-refractivity contribution is 0.311. The van der Waals surface area contributed by atoms with E-state index < -0.39 is 0 Å². The SMILES string of the molecule is CCOc1c(Cl)cc(CC(CN)c2ccc(C)c(C)c2)cc1OC. The summed E-state index contributed by atoms with van der Waals surface area (Å²) in [6.45, 7) is 7.30. The average Bonchev–Trinajstić information content (AvgIpc) is 2.57. The molecule has 2 N–H and O–H groups in total. The van der Waals surface area contributed by atoms with Crippen LogP contribution in [0.25, 0.3) is 0 Å². The van der Waals surface area contributed by atoms with Crippen LogP contribution in [0.1, 0.15) is 35.1 Å². The van der Waals surface area contributed by atoms with E-state index in [0.29, 0.717) is 29.7 Å². The van der Waals surface area contributed by atoms with Crippen molar-refractivity contribution in [3.8, 4) is 11.5 Å². The van der Waals surface area contributed by atoms with E-state index in [2.05, 4.69) is 32.0 Å². The Hall–Kier alpha value is -1.71. The third-order valence-electron chi connectivity index (χ3n) is 4.35. The van der Waals surface area contributed by atoms with E-state index in [4.69, 9.17) is 26.8 Å². The van der Waals surface area contributed by atoms with Crippen molar-refractivity contribution in [3.05, 3.63) is 57.6 Å². The highest BCUT2D eigenvalue weighted by Crippen LogP contribution is 2.37. The maximum Gasteiger partial charge on any atom is 0.179 e. The molecule has 0 radical (unpaired) electrons. The predicted molar refractivity (Wildman–Crippen MR) is 101 cm³/mol. The first-order valence-corrected chi connectivity index (χ1v) is 8.64. The van der Waals surface area contributed by atoms with Crippen LogP contribution in [0.3, 0.4) is 0 Å². The van der Waals surface area contributed by atoms with Crippen molar-refractivity contribution >= 4 is 11.6 Å². The van der Waals surface area contributed by atoms with Crippen LogP contribution in [-0.2, 0) is 6.42 Å². The molecule has 0 heterocycles. The summed E-state index contributed by atoms with van der Waals surface area (Å²) in [4.78, 5) is 0. The predicted octanol–water partition coefficient (Wildman–Crippen LogP) is 4.65. The van der Waals surface area contributed by atoms with Crippen molar-refractivity contribution in [1.29, 1.82) is 0 Å². The highest BCUT2D eigenvalue weighted by Gasteiger charge is 2.16. The molecule has 24 heavy (non-hydrogen) atoms.